The van der Waals surface area contributed by atoms with E-state index in [1.165, 1.54) is 12.8 Å². The van der Waals surface area contributed by atoms with Crippen LogP contribution in [0.5, 0.6) is 0 Å². The van der Waals surface area contributed by atoms with Crippen molar-refractivity contribution in [1.29, 1.82) is 0 Å². The molecule has 0 aromatic carbocycles. The van der Waals surface area contributed by atoms with Gasteiger partial charge in [-0.25, -0.2) is 4.79 Å². The molecule has 0 aromatic rings. The second-order valence-electron chi connectivity index (χ2n) is 9.83. The van der Waals surface area contributed by atoms with Crippen molar-refractivity contribution in [3.05, 3.63) is 0 Å². The van der Waals surface area contributed by atoms with E-state index in [9.17, 15) is 4.79 Å². The lowest BCUT2D eigenvalue weighted by Gasteiger charge is -2.40. The molecule has 1 heterocycles. The molecule has 0 aromatic heterocycles. The molecule has 1 saturated heterocycles. The van der Waals surface area contributed by atoms with Crippen molar-refractivity contribution in [3.8, 4) is 0 Å². The lowest BCUT2D eigenvalue weighted by molar-refractivity contribution is 0.00928. The molecule has 0 spiro atoms. The topological polar surface area (TPSA) is 69.6 Å². The number of rotatable bonds is 10. The predicted octanol–water partition coefficient (Wildman–Crippen LogP) is 2.64. The fourth-order valence-electron chi connectivity index (χ4n) is 3.77. The zero-order chi connectivity index (χ0) is 22.9. The molecule has 0 bridgehead atoms. The Hall–Kier alpha value is -1.54. The summed E-state index contributed by atoms with van der Waals surface area (Å²) in [6.07, 6.45) is 4.20. The smallest absolute Gasteiger partial charge is 0.410 e. The summed E-state index contributed by atoms with van der Waals surface area (Å²) in [4.78, 5) is 24.3. The van der Waals surface area contributed by atoms with Gasteiger partial charge in [0.25, 0.3) is 0 Å². The molecular formula is C23H45N5O3. The third-order valence-corrected chi connectivity index (χ3v) is 5.74. The number of aliphatic imine (C=N–C) groups is 1. The number of hydrogen-bond donors (Lipinski definition) is 1. The quantitative estimate of drug-likeness (QED) is 0.417. The Morgan fingerprint density at radius 2 is 1.84 bits per heavy atom. The molecule has 2 rings (SSSR count). The summed E-state index contributed by atoms with van der Waals surface area (Å²) in [6, 6.07) is 0.245. The van der Waals surface area contributed by atoms with E-state index in [4.69, 9.17) is 14.5 Å². The number of nitrogens with zero attached hydrogens (tertiary/aromatic N) is 4. The fraction of sp³-hybridized carbons (Fsp3) is 0.913. The van der Waals surface area contributed by atoms with E-state index in [0.29, 0.717) is 5.92 Å². The van der Waals surface area contributed by atoms with E-state index in [2.05, 4.69) is 29.1 Å². The van der Waals surface area contributed by atoms with E-state index in [1.54, 1.807) is 7.11 Å². The molecule has 1 aliphatic heterocycles. The van der Waals surface area contributed by atoms with Crippen LogP contribution in [0.4, 0.5) is 4.79 Å². The van der Waals surface area contributed by atoms with E-state index in [1.807, 2.05) is 25.7 Å². The van der Waals surface area contributed by atoms with Crippen LogP contribution >= 0.6 is 0 Å². The van der Waals surface area contributed by atoms with Gasteiger partial charge in [-0.1, -0.05) is 0 Å². The van der Waals surface area contributed by atoms with Crippen molar-refractivity contribution in [1.82, 2.24) is 20.0 Å². The molecule has 0 atom stereocenters. The number of carbonyl (C=O) groups is 1. The maximum absolute atomic E-state index is 12.9. The fourth-order valence-corrected chi connectivity index (χ4v) is 3.77. The first-order valence-corrected chi connectivity index (χ1v) is 11.9. The van der Waals surface area contributed by atoms with Gasteiger partial charge in [0.2, 0.25) is 0 Å². The molecule has 0 unspecified atom stereocenters. The summed E-state index contributed by atoms with van der Waals surface area (Å²) in [5, 5.41) is 3.44. The Labute approximate surface area is 189 Å². The van der Waals surface area contributed by atoms with Crippen LogP contribution in [0.25, 0.3) is 0 Å². The first kappa shape index (κ1) is 25.7. The van der Waals surface area contributed by atoms with Gasteiger partial charge in [0.15, 0.2) is 5.96 Å². The highest BCUT2D eigenvalue weighted by Crippen LogP contribution is 2.32. The number of guanidine groups is 1. The number of likely N-dealkylation sites (N-methyl/N-ethyl adjacent to an activating group) is 1. The van der Waals surface area contributed by atoms with E-state index < -0.39 is 5.60 Å². The Morgan fingerprint density at radius 1 is 1.16 bits per heavy atom. The second kappa shape index (κ2) is 12.5. The average Bonchev–Trinajstić information content (AvgIpc) is 3.53. The zero-order valence-corrected chi connectivity index (χ0v) is 20.7. The number of piperidine rings is 1. The zero-order valence-electron chi connectivity index (χ0n) is 20.7. The summed E-state index contributed by atoms with van der Waals surface area (Å²) < 4.78 is 10.9. The van der Waals surface area contributed by atoms with E-state index in [0.717, 1.165) is 71.2 Å². The Morgan fingerprint density at radius 3 is 2.39 bits per heavy atom. The van der Waals surface area contributed by atoms with Crippen molar-refractivity contribution in [2.24, 2.45) is 10.9 Å². The number of nitrogens with one attached hydrogen (secondary N) is 1. The normalized spacial score (nSPS) is 18.4. The van der Waals surface area contributed by atoms with Gasteiger partial charge in [0, 0.05) is 52.4 Å². The van der Waals surface area contributed by atoms with Crippen molar-refractivity contribution < 1.29 is 14.3 Å². The summed E-state index contributed by atoms with van der Waals surface area (Å²) >= 11 is 0. The molecule has 180 valence electrons. The van der Waals surface area contributed by atoms with Gasteiger partial charge < -0.3 is 29.5 Å². The monoisotopic (exact) mass is 439 g/mol. The highest BCUT2D eigenvalue weighted by molar-refractivity contribution is 5.80. The van der Waals surface area contributed by atoms with E-state index >= 15 is 0 Å². The number of likely N-dealkylation sites (tertiary alicyclic amines) is 1. The van der Waals surface area contributed by atoms with Gasteiger partial charge in [0.1, 0.15) is 5.60 Å². The van der Waals surface area contributed by atoms with Crippen LogP contribution in [-0.4, -0.2) is 105 Å². The summed E-state index contributed by atoms with van der Waals surface area (Å²) in [7, 11) is 3.82. The van der Waals surface area contributed by atoms with Crippen LogP contribution in [0.2, 0.25) is 0 Å². The molecule has 8 nitrogen and oxygen atoms in total. The molecular weight excluding hydrogens is 394 g/mol. The van der Waals surface area contributed by atoms with Gasteiger partial charge >= 0.3 is 6.09 Å². The van der Waals surface area contributed by atoms with E-state index in [-0.39, 0.29) is 12.1 Å². The van der Waals surface area contributed by atoms with Crippen LogP contribution in [-0.2, 0) is 9.47 Å². The van der Waals surface area contributed by atoms with Crippen molar-refractivity contribution in [3.63, 3.8) is 0 Å². The molecule has 31 heavy (non-hydrogen) atoms. The van der Waals surface area contributed by atoms with Gasteiger partial charge in [-0.15, -0.1) is 0 Å². The Kier molecular flexibility index (Phi) is 10.4. The number of hydrogen-bond acceptors (Lipinski definition) is 5. The number of ether oxygens (including phenoxy) is 2. The first-order valence-electron chi connectivity index (χ1n) is 11.9. The SMILES string of the molecule is CCNC(=NCCN(C)CCOC)N1CCC(N(CC2CC2)C(=O)OC(C)(C)C)CC1. The van der Waals surface area contributed by atoms with Gasteiger partial charge in [-0.2, -0.15) is 0 Å². The molecule has 1 saturated carbocycles. The Bertz CT molecular complexity index is 566. The van der Waals surface area contributed by atoms with Gasteiger partial charge in [-0.3, -0.25) is 4.99 Å². The van der Waals surface area contributed by atoms with Crippen LogP contribution in [0.15, 0.2) is 4.99 Å². The maximum Gasteiger partial charge on any atom is 0.410 e. The first-order chi connectivity index (χ1) is 14.7. The van der Waals surface area contributed by atoms with Gasteiger partial charge in [-0.05, 0) is 66.3 Å². The minimum Gasteiger partial charge on any atom is -0.444 e. The number of amides is 1. The highest BCUT2D eigenvalue weighted by atomic mass is 16.6. The third-order valence-electron chi connectivity index (χ3n) is 5.74. The Balaban J connectivity index is 1.90. The number of carbonyl (C=O) groups excluding carboxylic acids is 1. The summed E-state index contributed by atoms with van der Waals surface area (Å²) in [5.41, 5.74) is -0.457. The van der Waals surface area contributed by atoms with Crippen molar-refractivity contribution in [2.75, 3.05) is 66.6 Å². The second-order valence-corrected chi connectivity index (χ2v) is 9.83. The van der Waals surface area contributed by atoms with Crippen molar-refractivity contribution >= 4 is 12.1 Å². The highest BCUT2D eigenvalue weighted by Gasteiger charge is 2.35. The lowest BCUT2D eigenvalue weighted by Crippen LogP contribution is -2.52. The molecule has 1 aliphatic carbocycles. The molecule has 2 fully saturated rings. The number of methoxy groups -OCH3 is 1. The van der Waals surface area contributed by atoms with Crippen LogP contribution in [0, 0.1) is 5.92 Å². The van der Waals surface area contributed by atoms with Crippen LogP contribution in [0.1, 0.15) is 53.4 Å². The molecule has 8 heteroatoms. The average molecular weight is 440 g/mol. The van der Waals surface area contributed by atoms with Crippen molar-refractivity contribution in [2.45, 2.75) is 65.0 Å². The molecule has 1 amide bonds. The minimum atomic E-state index is -0.457. The maximum atomic E-state index is 12.9. The predicted molar refractivity (Wildman–Crippen MR) is 126 cm³/mol. The molecule has 0 radical (unpaired) electrons. The summed E-state index contributed by atoms with van der Waals surface area (Å²) in [5.74, 6) is 1.63. The van der Waals surface area contributed by atoms with Crippen LogP contribution < -0.4 is 5.32 Å². The standard InChI is InChI=1S/C23H45N5O3/c1-7-24-21(25-12-15-26(5)16-17-30-6)27-13-10-20(11-14-27)28(18-19-8-9-19)22(29)31-23(2,3)4/h19-20H,7-18H2,1-6H3,(H,24,25). The minimum absolute atomic E-state index is 0.155. The molecule has 2 aliphatic rings. The van der Waals surface area contributed by atoms with Gasteiger partial charge in [0.05, 0.1) is 13.2 Å². The summed E-state index contributed by atoms with van der Waals surface area (Å²) in [6.45, 7) is 14.7. The third kappa shape index (κ3) is 9.64. The lowest BCUT2D eigenvalue weighted by atomic mass is 10.0. The van der Waals surface area contributed by atoms with Crippen LogP contribution in [0.3, 0.4) is 0 Å². The largest absolute Gasteiger partial charge is 0.444 e. The molecule has 1 N–H and O–H groups in total.